The van der Waals surface area contributed by atoms with Gasteiger partial charge in [0.15, 0.2) is 0 Å². The largest absolute Gasteiger partial charge is 0.507 e. The molecule has 2 aromatic carbocycles. The van der Waals surface area contributed by atoms with Gasteiger partial charge in [-0.2, -0.15) is 4.98 Å². The maximum atomic E-state index is 13.2. The first-order chi connectivity index (χ1) is 9.63. The maximum Gasteiger partial charge on any atom is 0.262 e. The van der Waals surface area contributed by atoms with E-state index >= 15 is 0 Å². The normalized spacial score (nSPS) is 10.7. The van der Waals surface area contributed by atoms with Gasteiger partial charge in [-0.05, 0) is 30.3 Å². The highest BCUT2D eigenvalue weighted by Crippen LogP contribution is 2.30. The molecule has 0 unspecified atom stereocenters. The van der Waals surface area contributed by atoms with Crippen LogP contribution in [0.5, 0.6) is 5.75 Å². The third-order valence-electron chi connectivity index (χ3n) is 2.70. The van der Waals surface area contributed by atoms with Crippen LogP contribution in [0.25, 0.3) is 22.8 Å². The van der Waals surface area contributed by atoms with Crippen molar-refractivity contribution in [1.29, 1.82) is 0 Å². The molecule has 0 saturated carbocycles. The molecule has 0 bridgehead atoms. The summed E-state index contributed by atoms with van der Waals surface area (Å²) >= 11 is 0. The van der Waals surface area contributed by atoms with Crippen molar-refractivity contribution < 1.29 is 18.4 Å². The van der Waals surface area contributed by atoms with Crippen molar-refractivity contribution in [2.24, 2.45) is 0 Å². The topological polar surface area (TPSA) is 59.2 Å². The molecule has 0 aliphatic carbocycles. The lowest BCUT2D eigenvalue weighted by molar-refractivity contribution is 0.425. The van der Waals surface area contributed by atoms with Crippen LogP contribution < -0.4 is 0 Å². The monoisotopic (exact) mass is 274 g/mol. The smallest absolute Gasteiger partial charge is 0.262 e. The van der Waals surface area contributed by atoms with Crippen molar-refractivity contribution in [2.45, 2.75) is 0 Å². The van der Waals surface area contributed by atoms with Crippen molar-refractivity contribution in [2.75, 3.05) is 0 Å². The van der Waals surface area contributed by atoms with Crippen LogP contribution in [0.3, 0.4) is 0 Å². The molecule has 0 atom stereocenters. The summed E-state index contributed by atoms with van der Waals surface area (Å²) in [4.78, 5) is 4.02. The minimum atomic E-state index is -0.539. The third kappa shape index (κ3) is 2.23. The predicted molar refractivity (Wildman–Crippen MR) is 66.8 cm³/mol. The van der Waals surface area contributed by atoms with Crippen molar-refractivity contribution in [3.05, 3.63) is 54.1 Å². The first-order valence-corrected chi connectivity index (χ1v) is 5.72. The molecule has 4 nitrogen and oxygen atoms in total. The van der Waals surface area contributed by atoms with Gasteiger partial charge in [0.1, 0.15) is 17.4 Å². The van der Waals surface area contributed by atoms with E-state index in [1.807, 2.05) is 0 Å². The van der Waals surface area contributed by atoms with Gasteiger partial charge in [-0.25, -0.2) is 8.78 Å². The summed E-state index contributed by atoms with van der Waals surface area (Å²) in [5.74, 6) is -1.03. The Morgan fingerprint density at radius 3 is 2.60 bits per heavy atom. The number of aromatic hydroxyl groups is 1. The van der Waals surface area contributed by atoms with Gasteiger partial charge in [0.25, 0.3) is 5.89 Å². The lowest BCUT2D eigenvalue weighted by atomic mass is 10.2. The van der Waals surface area contributed by atoms with Crippen LogP contribution in [0.2, 0.25) is 0 Å². The van der Waals surface area contributed by atoms with Crippen LogP contribution >= 0.6 is 0 Å². The van der Waals surface area contributed by atoms with Crippen LogP contribution in [-0.4, -0.2) is 15.2 Å². The molecule has 0 radical (unpaired) electrons. The number of nitrogens with zero attached hydrogens (tertiary/aromatic N) is 2. The van der Waals surface area contributed by atoms with E-state index in [4.69, 9.17) is 4.52 Å². The quantitative estimate of drug-likeness (QED) is 0.778. The van der Waals surface area contributed by atoms with Gasteiger partial charge in [-0.15, -0.1) is 0 Å². The second-order valence-corrected chi connectivity index (χ2v) is 4.09. The zero-order valence-corrected chi connectivity index (χ0v) is 10.0. The van der Waals surface area contributed by atoms with E-state index in [1.54, 1.807) is 6.07 Å². The van der Waals surface area contributed by atoms with E-state index in [1.165, 1.54) is 24.3 Å². The highest BCUT2D eigenvalue weighted by molar-refractivity contribution is 5.64. The van der Waals surface area contributed by atoms with Gasteiger partial charge in [0, 0.05) is 5.56 Å². The average molecular weight is 274 g/mol. The van der Waals surface area contributed by atoms with E-state index in [-0.39, 0.29) is 23.0 Å². The lowest BCUT2D eigenvalue weighted by Gasteiger charge is -1.98. The van der Waals surface area contributed by atoms with E-state index < -0.39 is 11.6 Å². The molecule has 20 heavy (non-hydrogen) atoms. The molecule has 1 aromatic heterocycles. The highest BCUT2D eigenvalue weighted by Gasteiger charge is 2.15. The van der Waals surface area contributed by atoms with Crippen molar-refractivity contribution in [3.8, 4) is 28.6 Å². The molecule has 0 spiro atoms. The Hall–Kier alpha value is -2.76. The number of phenolic OH excluding ortho intramolecular Hbond substituents is 1. The molecular formula is C14H8F2N2O2. The fraction of sp³-hybridized carbons (Fsp3) is 0. The zero-order valence-electron chi connectivity index (χ0n) is 10.0. The zero-order chi connectivity index (χ0) is 14.1. The third-order valence-corrected chi connectivity index (χ3v) is 2.70. The number of hydrogen-bond acceptors (Lipinski definition) is 4. The van der Waals surface area contributed by atoms with E-state index in [2.05, 4.69) is 10.1 Å². The summed E-state index contributed by atoms with van der Waals surface area (Å²) in [6, 6.07) is 9.06. The molecule has 100 valence electrons. The Kier molecular flexibility index (Phi) is 2.90. The van der Waals surface area contributed by atoms with Crippen molar-refractivity contribution in [1.82, 2.24) is 10.1 Å². The first-order valence-electron chi connectivity index (χ1n) is 5.72. The molecule has 1 heterocycles. The molecule has 6 heteroatoms. The second kappa shape index (κ2) is 4.73. The van der Waals surface area contributed by atoms with Crippen LogP contribution in [0, 0.1) is 11.6 Å². The molecule has 0 saturated heterocycles. The molecule has 0 amide bonds. The summed E-state index contributed by atoms with van der Waals surface area (Å²) in [6.07, 6.45) is 0. The Labute approximate surface area is 112 Å². The number of benzene rings is 2. The summed E-state index contributed by atoms with van der Waals surface area (Å²) in [7, 11) is 0. The maximum absolute atomic E-state index is 13.2. The Morgan fingerprint density at radius 1 is 1.00 bits per heavy atom. The summed E-state index contributed by atoms with van der Waals surface area (Å²) in [5.41, 5.74) is 0.510. The van der Waals surface area contributed by atoms with Gasteiger partial charge in [-0.1, -0.05) is 17.3 Å². The van der Waals surface area contributed by atoms with Gasteiger partial charge in [-0.3, -0.25) is 0 Å². The van der Waals surface area contributed by atoms with Crippen LogP contribution in [-0.2, 0) is 0 Å². The molecular weight excluding hydrogens is 266 g/mol. The second-order valence-electron chi connectivity index (χ2n) is 4.09. The van der Waals surface area contributed by atoms with E-state index in [0.29, 0.717) is 5.56 Å². The average Bonchev–Trinajstić information content (AvgIpc) is 2.91. The van der Waals surface area contributed by atoms with Gasteiger partial charge >= 0.3 is 0 Å². The molecule has 1 N–H and O–H groups in total. The molecule has 0 fully saturated rings. The summed E-state index contributed by atoms with van der Waals surface area (Å²) < 4.78 is 31.3. The summed E-state index contributed by atoms with van der Waals surface area (Å²) in [6.45, 7) is 0. The van der Waals surface area contributed by atoms with Crippen LogP contribution in [0.15, 0.2) is 47.0 Å². The number of hydrogen-bond donors (Lipinski definition) is 1. The minimum Gasteiger partial charge on any atom is -0.507 e. The number of aromatic nitrogens is 2. The molecule has 0 aliphatic heterocycles. The lowest BCUT2D eigenvalue weighted by Crippen LogP contribution is -1.84. The SMILES string of the molecule is Oc1ccc(F)cc1-c1nc(-c2cccc(F)c2)no1. The Bertz CT molecular complexity index is 771. The minimum absolute atomic E-state index is 0.0405. The van der Waals surface area contributed by atoms with Gasteiger partial charge < -0.3 is 9.63 Å². The van der Waals surface area contributed by atoms with Crippen molar-refractivity contribution >= 4 is 0 Å². The molecule has 0 aliphatic rings. The molecule has 3 rings (SSSR count). The highest BCUT2D eigenvalue weighted by atomic mass is 19.1. The number of phenols is 1. The van der Waals surface area contributed by atoms with Crippen LogP contribution in [0.1, 0.15) is 0 Å². The van der Waals surface area contributed by atoms with Crippen molar-refractivity contribution in [3.63, 3.8) is 0 Å². The summed E-state index contributed by atoms with van der Waals surface area (Å²) in [5, 5.41) is 13.3. The number of halogens is 2. The Balaban J connectivity index is 2.04. The fourth-order valence-electron chi connectivity index (χ4n) is 1.76. The predicted octanol–water partition coefficient (Wildman–Crippen LogP) is 3.39. The standard InChI is InChI=1S/C14H8F2N2O2/c15-9-3-1-2-8(6-9)13-17-14(20-18-13)11-7-10(16)4-5-12(11)19/h1-7,19H. The Morgan fingerprint density at radius 2 is 1.80 bits per heavy atom. The fourth-order valence-corrected chi connectivity index (χ4v) is 1.76. The first kappa shape index (κ1) is 12.3. The molecule has 3 aromatic rings. The van der Waals surface area contributed by atoms with Crippen LogP contribution in [0.4, 0.5) is 8.78 Å². The van der Waals surface area contributed by atoms with E-state index in [0.717, 1.165) is 12.1 Å². The number of rotatable bonds is 2. The van der Waals surface area contributed by atoms with Gasteiger partial charge in [0.05, 0.1) is 5.56 Å². The van der Waals surface area contributed by atoms with E-state index in [9.17, 15) is 13.9 Å². The van der Waals surface area contributed by atoms with Gasteiger partial charge in [0.2, 0.25) is 5.82 Å².